The van der Waals surface area contributed by atoms with E-state index in [0.29, 0.717) is 0 Å². The van der Waals surface area contributed by atoms with Crippen molar-refractivity contribution < 1.29 is 14.3 Å². The predicted octanol–water partition coefficient (Wildman–Crippen LogP) is 3.44. The van der Waals surface area contributed by atoms with E-state index in [2.05, 4.69) is 23.9 Å². The molecule has 1 aliphatic rings. The van der Waals surface area contributed by atoms with Crippen molar-refractivity contribution in [1.29, 1.82) is 0 Å². The molecule has 0 aliphatic heterocycles. The van der Waals surface area contributed by atoms with Crippen molar-refractivity contribution in [2.45, 2.75) is 70.8 Å². The lowest BCUT2D eigenvalue weighted by Gasteiger charge is -2.21. The summed E-state index contributed by atoms with van der Waals surface area (Å²) in [5.41, 5.74) is -0.613. The summed E-state index contributed by atoms with van der Waals surface area (Å²) in [7, 11) is 1.33. The van der Waals surface area contributed by atoms with E-state index in [0.717, 1.165) is 32.1 Å². The average Bonchev–Trinajstić information content (AvgIpc) is 3.19. The fourth-order valence-electron chi connectivity index (χ4n) is 2.53. The summed E-state index contributed by atoms with van der Waals surface area (Å²) < 4.78 is 4.60. The number of ketones is 1. The molecule has 19 heavy (non-hydrogen) atoms. The summed E-state index contributed by atoms with van der Waals surface area (Å²) in [6, 6.07) is 0. The Morgan fingerprint density at radius 2 is 1.89 bits per heavy atom. The van der Waals surface area contributed by atoms with Crippen LogP contribution >= 0.6 is 0 Å². The fourth-order valence-corrected chi connectivity index (χ4v) is 2.53. The number of amides is 1. The zero-order valence-electron chi connectivity index (χ0n) is 12.5. The van der Waals surface area contributed by atoms with Gasteiger partial charge in [-0.2, -0.15) is 0 Å². The van der Waals surface area contributed by atoms with Crippen molar-refractivity contribution >= 4 is 11.9 Å². The Kier molecular flexibility index (Phi) is 6.32. The lowest BCUT2D eigenvalue weighted by Crippen LogP contribution is -2.45. The second-order valence-electron chi connectivity index (χ2n) is 5.52. The minimum Gasteiger partial charge on any atom is -0.453 e. The van der Waals surface area contributed by atoms with Crippen LogP contribution in [-0.2, 0) is 9.53 Å². The van der Waals surface area contributed by atoms with Crippen LogP contribution in [0, 0.1) is 5.92 Å². The predicted molar refractivity (Wildman–Crippen MR) is 75.1 cm³/mol. The van der Waals surface area contributed by atoms with Crippen LogP contribution in [0.2, 0.25) is 0 Å². The highest BCUT2D eigenvalue weighted by Gasteiger charge is 2.52. The molecule has 0 aromatic carbocycles. The normalized spacial score (nSPS) is 17.6. The SMILES string of the molecule is CCCCCCC(CC)C(=O)C1(NC(=O)OC)CC1. The molecule has 1 saturated carbocycles. The molecule has 1 fully saturated rings. The maximum absolute atomic E-state index is 12.5. The van der Waals surface area contributed by atoms with E-state index in [1.165, 1.54) is 26.4 Å². The number of nitrogens with one attached hydrogen (secondary N) is 1. The molecule has 1 N–H and O–H groups in total. The van der Waals surface area contributed by atoms with E-state index in [1.807, 2.05) is 0 Å². The van der Waals surface area contributed by atoms with Crippen molar-refractivity contribution in [2.24, 2.45) is 5.92 Å². The standard InChI is InChI=1S/C15H27NO3/c1-4-6-7-8-9-12(5-2)13(17)15(10-11-15)16-14(18)19-3/h12H,4-11H2,1-3H3,(H,16,18). The molecule has 1 unspecified atom stereocenters. The van der Waals surface area contributed by atoms with E-state index < -0.39 is 11.6 Å². The third-order valence-electron chi connectivity index (χ3n) is 4.02. The van der Waals surface area contributed by atoms with Gasteiger partial charge in [-0.3, -0.25) is 4.79 Å². The van der Waals surface area contributed by atoms with E-state index >= 15 is 0 Å². The largest absolute Gasteiger partial charge is 0.453 e. The number of methoxy groups -OCH3 is 1. The van der Waals surface area contributed by atoms with E-state index in [-0.39, 0.29) is 11.7 Å². The summed E-state index contributed by atoms with van der Waals surface area (Å²) in [4.78, 5) is 23.8. The van der Waals surface area contributed by atoms with Gasteiger partial charge in [-0.1, -0.05) is 39.5 Å². The lowest BCUT2D eigenvalue weighted by atomic mass is 9.89. The number of hydrogen-bond donors (Lipinski definition) is 1. The Bertz CT molecular complexity index is 311. The zero-order chi connectivity index (χ0) is 14.3. The number of rotatable bonds is 9. The molecular weight excluding hydrogens is 242 g/mol. The Hall–Kier alpha value is -1.06. The van der Waals surface area contributed by atoms with Crippen molar-refractivity contribution in [3.63, 3.8) is 0 Å². The van der Waals surface area contributed by atoms with Crippen molar-refractivity contribution in [1.82, 2.24) is 5.32 Å². The summed E-state index contributed by atoms with van der Waals surface area (Å²) in [6.45, 7) is 4.23. The Labute approximate surface area is 116 Å². The summed E-state index contributed by atoms with van der Waals surface area (Å²) in [6.07, 6.45) is 7.55. The molecule has 0 bridgehead atoms. The minimum atomic E-state index is -0.613. The van der Waals surface area contributed by atoms with Crippen LogP contribution in [0.3, 0.4) is 0 Å². The van der Waals surface area contributed by atoms with Crippen LogP contribution in [0.4, 0.5) is 4.79 Å². The fraction of sp³-hybridized carbons (Fsp3) is 0.867. The quantitative estimate of drug-likeness (QED) is 0.652. The topological polar surface area (TPSA) is 55.4 Å². The van der Waals surface area contributed by atoms with Gasteiger partial charge in [0.05, 0.1) is 7.11 Å². The molecule has 4 heteroatoms. The van der Waals surface area contributed by atoms with Crippen LogP contribution in [0.1, 0.15) is 65.2 Å². The van der Waals surface area contributed by atoms with Gasteiger partial charge in [0.15, 0.2) is 5.78 Å². The van der Waals surface area contributed by atoms with Gasteiger partial charge in [-0.25, -0.2) is 4.79 Å². The Morgan fingerprint density at radius 1 is 1.21 bits per heavy atom. The number of ether oxygens (including phenoxy) is 1. The molecule has 1 aliphatic carbocycles. The molecule has 1 rings (SSSR count). The third-order valence-corrected chi connectivity index (χ3v) is 4.02. The first-order valence-electron chi connectivity index (χ1n) is 7.50. The zero-order valence-corrected chi connectivity index (χ0v) is 12.5. The number of alkyl carbamates (subject to hydrolysis) is 1. The second kappa shape index (κ2) is 7.51. The van der Waals surface area contributed by atoms with Crippen LogP contribution in [0.5, 0.6) is 0 Å². The van der Waals surface area contributed by atoms with E-state index in [4.69, 9.17) is 0 Å². The first-order valence-corrected chi connectivity index (χ1v) is 7.50. The smallest absolute Gasteiger partial charge is 0.407 e. The average molecular weight is 269 g/mol. The van der Waals surface area contributed by atoms with Gasteiger partial charge >= 0.3 is 6.09 Å². The monoisotopic (exact) mass is 269 g/mol. The Morgan fingerprint density at radius 3 is 2.37 bits per heavy atom. The molecule has 110 valence electrons. The number of carbonyl (C=O) groups is 2. The molecule has 0 spiro atoms. The molecule has 0 saturated heterocycles. The summed E-state index contributed by atoms with van der Waals surface area (Å²) in [5.74, 6) is 0.286. The highest BCUT2D eigenvalue weighted by Crippen LogP contribution is 2.40. The van der Waals surface area contributed by atoms with Gasteiger partial charge in [-0.05, 0) is 25.7 Å². The van der Waals surface area contributed by atoms with Gasteiger partial charge in [-0.15, -0.1) is 0 Å². The maximum Gasteiger partial charge on any atom is 0.407 e. The Balaban J connectivity index is 2.46. The molecule has 0 aromatic rings. The molecule has 0 aromatic heterocycles. The van der Waals surface area contributed by atoms with Gasteiger partial charge < -0.3 is 10.1 Å². The maximum atomic E-state index is 12.5. The number of carbonyl (C=O) groups excluding carboxylic acids is 2. The molecule has 0 heterocycles. The van der Waals surface area contributed by atoms with E-state index in [1.54, 1.807) is 0 Å². The number of hydrogen-bond acceptors (Lipinski definition) is 3. The summed E-state index contributed by atoms with van der Waals surface area (Å²) in [5, 5.41) is 2.72. The van der Waals surface area contributed by atoms with E-state index in [9.17, 15) is 9.59 Å². The van der Waals surface area contributed by atoms with Gasteiger partial charge in [0.25, 0.3) is 0 Å². The van der Waals surface area contributed by atoms with Crippen molar-refractivity contribution in [2.75, 3.05) is 7.11 Å². The van der Waals surface area contributed by atoms with Crippen LogP contribution in [0.25, 0.3) is 0 Å². The van der Waals surface area contributed by atoms with Crippen LogP contribution in [-0.4, -0.2) is 24.5 Å². The lowest BCUT2D eigenvalue weighted by molar-refractivity contribution is -0.126. The van der Waals surface area contributed by atoms with Gasteiger partial charge in [0.2, 0.25) is 0 Å². The van der Waals surface area contributed by atoms with Gasteiger partial charge in [0.1, 0.15) is 5.54 Å². The first kappa shape index (κ1) is 16.0. The molecular formula is C15H27NO3. The molecule has 4 nitrogen and oxygen atoms in total. The molecule has 1 amide bonds. The minimum absolute atomic E-state index is 0.0801. The molecule has 1 atom stereocenters. The van der Waals surface area contributed by atoms with Crippen LogP contribution in [0.15, 0.2) is 0 Å². The highest BCUT2D eigenvalue weighted by atomic mass is 16.5. The number of unbranched alkanes of at least 4 members (excludes halogenated alkanes) is 3. The third kappa shape index (κ3) is 4.51. The van der Waals surface area contributed by atoms with Gasteiger partial charge in [0, 0.05) is 5.92 Å². The second-order valence-corrected chi connectivity index (χ2v) is 5.52. The van der Waals surface area contributed by atoms with Crippen molar-refractivity contribution in [3.05, 3.63) is 0 Å². The summed E-state index contributed by atoms with van der Waals surface area (Å²) >= 11 is 0. The number of Topliss-reactive ketones (excluding diaryl/α,β-unsaturated/α-hetero) is 1. The highest BCUT2D eigenvalue weighted by molar-refractivity contribution is 5.96. The van der Waals surface area contributed by atoms with Crippen molar-refractivity contribution in [3.8, 4) is 0 Å². The van der Waals surface area contributed by atoms with Crippen LogP contribution < -0.4 is 5.32 Å². The first-order chi connectivity index (χ1) is 9.09. The molecule has 0 radical (unpaired) electrons.